The molecular formula is C10H7BrOS. The van der Waals surface area contributed by atoms with Crippen molar-refractivity contribution in [3.63, 3.8) is 0 Å². The van der Waals surface area contributed by atoms with Gasteiger partial charge in [0.05, 0.1) is 4.88 Å². The second kappa shape index (κ2) is 3.60. The van der Waals surface area contributed by atoms with Gasteiger partial charge in [-0.25, -0.2) is 0 Å². The van der Waals surface area contributed by atoms with Crippen LogP contribution >= 0.6 is 27.3 Å². The number of fused-ring (bicyclic) bond motifs is 1. The molecule has 0 radical (unpaired) electrons. The molecule has 0 aliphatic rings. The second-order valence-corrected chi connectivity index (χ2v) is 4.38. The van der Waals surface area contributed by atoms with Gasteiger partial charge in [-0.3, -0.25) is 4.79 Å². The molecule has 0 amide bonds. The molecule has 2 rings (SSSR count). The summed E-state index contributed by atoms with van der Waals surface area (Å²) in [6.45, 7) is 0. The lowest BCUT2D eigenvalue weighted by Crippen LogP contribution is -1.74. The minimum Gasteiger partial charge on any atom is -0.297 e. The number of hydrogen-bond acceptors (Lipinski definition) is 2. The summed E-state index contributed by atoms with van der Waals surface area (Å²) in [5.74, 6) is 0. The van der Waals surface area contributed by atoms with E-state index in [1.807, 2.05) is 18.2 Å². The summed E-state index contributed by atoms with van der Waals surface area (Å²) in [4.78, 5) is 11.4. The lowest BCUT2D eigenvalue weighted by Gasteiger charge is -1.95. The van der Waals surface area contributed by atoms with Gasteiger partial charge in [0.25, 0.3) is 0 Å². The summed E-state index contributed by atoms with van der Waals surface area (Å²) < 4.78 is 1.21. The third-order valence-electron chi connectivity index (χ3n) is 1.90. The van der Waals surface area contributed by atoms with E-state index in [1.54, 1.807) is 11.3 Å². The zero-order chi connectivity index (χ0) is 9.26. The zero-order valence-electron chi connectivity index (χ0n) is 6.79. The van der Waals surface area contributed by atoms with Crippen LogP contribution < -0.4 is 0 Å². The van der Waals surface area contributed by atoms with Gasteiger partial charge in [-0.05, 0) is 17.0 Å². The maximum atomic E-state index is 10.6. The molecule has 0 bridgehead atoms. The second-order valence-electron chi connectivity index (χ2n) is 2.74. The summed E-state index contributed by atoms with van der Waals surface area (Å²) in [7, 11) is 0. The highest BCUT2D eigenvalue weighted by atomic mass is 79.9. The first-order valence-electron chi connectivity index (χ1n) is 3.87. The monoisotopic (exact) mass is 254 g/mol. The minimum absolute atomic E-state index is 0.795. The van der Waals surface area contributed by atoms with Crippen LogP contribution in [0.4, 0.5) is 0 Å². The van der Waals surface area contributed by atoms with Crippen LogP contribution in [0.1, 0.15) is 15.2 Å². The van der Waals surface area contributed by atoms with Crippen molar-refractivity contribution < 1.29 is 4.79 Å². The zero-order valence-corrected chi connectivity index (χ0v) is 9.19. The Hall–Kier alpha value is -0.670. The van der Waals surface area contributed by atoms with Crippen molar-refractivity contribution >= 4 is 43.6 Å². The molecule has 1 aromatic carbocycles. The van der Waals surface area contributed by atoms with E-state index < -0.39 is 0 Å². The highest BCUT2D eigenvalue weighted by Crippen LogP contribution is 2.28. The van der Waals surface area contributed by atoms with Crippen LogP contribution in [-0.4, -0.2) is 6.29 Å². The Bertz CT molecular complexity index is 447. The fourth-order valence-corrected chi connectivity index (χ4v) is 2.95. The fourth-order valence-electron chi connectivity index (χ4n) is 1.31. The van der Waals surface area contributed by atoms with Gasteiger partial charge in [-0.15, -0.1) is 11.3 Å². The molecule has 0 saturated carbocycles. The van der Waals surface area contributed by atoms with Crippen LogP contribution in [0, 0.1) is 0 Å². The summed E-state index contributed by atoms with van der Waals surface area (Å²) in [6.07, 6.45) is 0.905. The van der Waals surface area contributed by atoms with E-state index >= 15 is 0 Å². The molecule has 0 N–H and O–H groups in total. The van der Waals surface area contributed by atoms with Crippen molar-refractivity contribution in [1.82, 2.24) is 0 Å². The van der Waals surface area contributed by atoms with Crippen molar-refractivity contribution in [1.29, 1.82) is 0 Å². The third-order valence-corrected chi connectivity index (χ3v) is 3.66. The number of benzene rings is 1. The van der Waals surface area contributed by atoms with Crippen molar-refractivity contribution in [2.75, 3.05) is 0 Å². The van der Waals surface area contributed by atoms with Gasteiger partial charge in [-0.1, -0.05) is 34.1 Å². The van der Waals surface area contributed by atoms with Gasteiger partial charge in [0.2, 0.25) is 0 Å². The largest absolute Gasteiger partial charge is 0.297 e. The molecule has 1 aromatic heterocycles. The average Bonchev–Trinajstić information content (AvgIpc) is 2.59. The molecule has 66 valence electrons. The summed E-state index contributed by atoms with van der Waals surface area (Å²) in [5, 5.41) is 1.99. The fraction of sp³-hybridized carbons (Fsp3) is 0.100. The number of carbonyl (C=O) groups is 1. The Morgan fingerprint density at radius 1 is 1.46 bits per heavy atom. The van der Waals surface area contributed by atoms with Crippen molar-refractivity contribution in [2.45, 2.75) is 5.33 Å². The molecule has 13 heavy (non-hydrogen) atoms. The first-order chi connectivity index (χ1) is 6.35. The van der Waals surface area contributed by atoms with E-state index in [-0.39, 0.29) is 0 Å². The Kier molecular flexibility index (Phi) is 2.47. The number of hydrogen-bond donors (Lipinski definition) is 0. The average molecular weight is 255 g/mol. The molecule has 0 aliphatic carbocycles. The van der Waals surface area contributed by atoms with Crippen LogP contribution in [-0.2, 0) is 5.33 Å². The molecule has 0 aliphatic heterocycles. The smallest absolute Gasteiger partial charge is 0.160 e. The van der Waals surface area contributed by atoms with Gasteiger partial charge < -0.3 is 0 Å². The van der Waals surface area contributed by atoms with Gasteiger partial charge >= 0.3 is 0 Å². The van der Waals surface area contributed by atoms with E-state index in [9.17, 15) is 4.79 Å². The molecule has 1 nitrogen and oxygen atoms in total. The molecule has 0 spiro atoms. The first-order valence-corrected chi connectivity index (χ1v) is 5.81. The quantitative estimate of drug-likeness (QED) is 0.591. The summed E-state index contributed by atoms with van der Waals surface area (Å²) in [6, 6.07) is 8.05. The Morgan fingerprint density at radius 2 is 2.31 bits per heavy atom. The Balaban J connectivity index is 2.74. The number of aldehydes is 1. The predicted molar refractivity (Wildman–Crippen MR) is 59.8 cm³/mol. The van der Waals surface area contributed by atoms with Crippen LogP contribution in [0.15, 0.2) is 24.3 Å². The number of halogens is 1. The van der Waals surface area contributed by atoms with Crippen LogP contribution in [0.25, 0.3) is 10.1 Å². The maximum absolute atomic E-state index is 10.6. The highest BCUT2D eigenvalue weighted by Gasteiger charge is 2.03. The van der Waals surface area contributed by atoms with Crippen LogP contribution in [0.5, 0.6) is 0 Å². The molecular weight excluding hydrogens is 248 g/mol. The van der Waals surface area contributed by atoms with E-state index in [4.69, 9.17) is 0 Å². The van der Waals surface area contributed by atoms with E-state index in [0.717, 1.165) is 21.9 Å². The molecule has 3 heteroatoms. The van der Waals surface area contributed by atoms with Crippen molar-refractivity contribution in [3.05, 3.63) is 34.7 Å². The number of thiophene rings is 1. The van der Waals surface area contributed by atoms with Crippen molar-refractivity contribution in [2.24, 2.45) is 0 Å². The highest BCUT2D eigenvalue weighted by molar-refractivity contribution is 9.08. The molecule has 0 fully saturated rings. The Morgan fingerprint density at radius 3 is 3.00 bits per heavy atom. The summed E-state index contributed by atoms with van der Waals surface area (Å²) >= 11 is 4.98. The molecule has 1 heterocycles. The van der Waals surface area contributed by atoms with Crippen LogP contribution in [0.2, 0.25) is 0 Å². The molecule has 0 unspecified atom stereocenters. The first kappa shape index (κ1) is 8.91. The minimum atomic E-state index is 0.795. The lowest BCUT2D eigenvalue weighted by atomic mass is 10.2. The Labute approximate surface area is 88.5 Å². The predicted octanol–water partition coefficient (Wildman–Crippen LogP) is 3.61. The van der Waals surface area contributed by atoms with Crippen molar-refractivity contribution in [3.8, 4) is 0 Å². The SMILES string of the molecule is O=Cc1cc2cccc(CBr)c2s1. The topological polar surface area (TPSA) is 17.1 Å². The number of carbonyl (C=O) groups excluding carboxylic acids is 1. The van der Waals surface area contributed by atoms with Gasteiger partial charge in [-0.2, -0.15) is 0 Å². The maximum Gasteiger partial charge on any atom is 0.160 e. The number of rotatable bonds is 2. The standard InChI is InChI=1S/C10H7BrOS/c11-5-8-3-1-2-7-4-9(6-12)13-10(7)8/h1-4,6H,5H2. The van der Waals surface area contributed by atoms with E-state index in [0.29, 0.717) is 0 Å². The van der Waals surface area contributed by atoms with Crippen LogP contribution in [0.3, 0.4) is 0 Å². The molecule has 0 saturated heterocycles. The molecule has 2 aromatic rings. The summed E-state index contributed by atoms with van der Waals surface area (Å²) in [5.41, 5.74) is 1.25. The molecule has 0 atom stereocenters. The van der Waals surface area contributed by atoms with E-state index in [1.165, 1.54) is 10.3 Å². The van der Waals surface area contributed by atoms with E-state index in [2.05, 4.69) is 22.0 Å². The third kappa shape index (κ3) is 1.54. The lowest BCUT2D eigenvalue weighted by molar-refractivity contribution is 0.112. The number of alkyl halides is 1. The normalized spacial score (nSPS) is 10.5. The van der Waals surface area contributed by atoms with Gasteiger partial charge in [0, 0.05) is 10.0 Å². The van der Waals surface area contributed by atoms with Gasteiger partial charge in [0.15, 0.2) is 6.29 Å². The van der Waals surface area contributed by atoms with Gasteiger partial charge in [0.1, 0.15) is 0 Å².